The maximum atomic E-state index is 7.47. The predicted octanol–water partition coefficient (Wildman–Crippen LogP) is 19.0. The Balaban J connectivity index is 1.35. The molecule has 0 atom stereocenters. The fourth-order valence-corrected chi connectivity index (χ4v) is 12.6. The van der Waals surface area contributed by atoms with E-state index in [1.165, 1.54) is 27.8 Å². The van der Waals surface area contributed by atoms with Gasteiger partial charge in [0.25, 0.3) is 0 Å². The summed E-state index contributed by atoms with van der Waals surface area (Å²) in [5.74, 6) is 4.25. The molecule has 9 nitrogen and oxygen atoms in total. The Kier molecular flexibility index (Phi) is 22.8. The molecule has 9 heteroatoms. The molecule has 10 rings (SSSR count). The highest BCUT2D eigenvalue weighted by Crippen LogP contribution is 2.46. The lowest BCUT2D eigenvalue weighted by molar-refractivity contribution is -0.00706. The van der Waals surface area contributed by atoms with Gasteiger partial charge in [-0.3, -0.25) is 0 Å². The lowest BCUT2D eigenvalue weighted by atomic mass is 9.79. The number of benzene rings is 8. The molecule has 0 fully saturated rings. The molecule has 0 saturated carbocycles. The van der Waals surface area contributed by atoms with Crippen molar-refractivity contribution in [2.75, 3.05) is 66.1 Å². The van der Waals surface area contributed by atoms with Crippen molar-refractivity contribution >= 4 is 0 Å². The van der Waals surface area contributed by atoms with Gasteiger partial charge in [-0.15, -0.1) is 0 Å². The van der Waals surface area contributed by atoms with Crippen LogP contribution in [0.4, 0.5) is 0 Å². The van der Waals surface area contributed by atoms with Crippen molar-refractivity contribution < 1.29 is 42.6 Å². The SMILES string of the molecule is CC(C)(C)c1cc2c3c(c1)Cc1cc(C(C)(C)C)cc(c1OCc1ccccc1)Cc1cc(C(C)(C)C)cc(c1OCc1ccccc1)Cc1cc(C(C)(C)C)cc(c1OCCOCCOCCOCCOCCO3)Cc1cc(C(C)(C)C)cc(c1OCc1ccccc1)C2. The second-order valence-electron chi connectivity index (χ2n) is 31.2. The normalized spacial score (nSPS) is 15.2. The van der Waals surface area contributed by atoms with Crippen molar-refractivity contribution in [2.24, 2.45) is 0 Å². The Bertz CT molecular complexity index is 3610. The first-order chi connectivity index (χ1) is 45.2. The van der Waals surface area contributed by atoms with Gasteiger partial charge in [0, 0.05) is 32.1 Å². The average molecular weight is 1280 g/mol. The summed E-state index contributed by atoms with van der Waals surface area (Å²) in [6.07, 6.45) is 2.64. The van der Waals surface area contributed by atoms with Crippen LogP contribution in [0.5, 0.6) is 28.7 Å². The zero-order chi connectivity index (χ0) is 67.5. The minimum Gasteiger partial charge on any atom is -0.491 e. The summed E-state index contributed by atoms with van der Waals surface area (Å²) in [5, 5.41) is 0. The first-order valence-electron chi connectivity index (χ1n) is 34.6. The first kappa shape index (κ1) is 70.4. The summed E-state index contributed by atoms with van der Waals surface area (Å²) in [6, 6.07) is 55.7. The van der Waals surface area contributed by atoms with Crippen LogP contribution in [0.25, 0.3) is 0 Å². The van der Waals surface area contributed by atoms with Crippen LogP contribution in [0.3, 0.4) is 0 Å². The molecule has 504 valence electrons. The van der Waals surface area contributed by atoms with Gasteiger partial charge >= 0.3 is 0 Å². The third-order valence-corrected chi connectivity index (χ3v) is 18.2. The van der Waals surface area contributed by atoms with Gasteiger partial charge in [0.15, 0.2) is 0 Å². The van der Waals surface area contributed by atoms with Crippen LogP contribution in [0, 0.1) is 0 Å². The van der Waals surface area contributed by atoms with Crippen LogP contribution < -0.4 is 23.7 Å². The van der Waals surface area contributed by atoms with E-state index >= 15 is 0 Å². The highest BCUT2D eigenvalue weighted by atomic mass is 16.6. The van der Waals surface area contributed by atoms with E-state index < -0.39 is 0 Å². The van der Waals surface area contributed by atoms with E-state index in [9.17, 15) is 0 Å². The zero-order valence-corrected chi connectivity index (χ0v) is 59.8. The zero-order valence-electron chi connectivity index (χ0n) is 59.8. The summed E-state index contributed by atoms with van der Waals surface area (Å²) < 4.78 is 61.7. The average Bonchev–Trinajstić information content (AvgIpc) is 0.774. The van der Waals surface area contributed by atoms with Gasteiger partial charge in [-0.2, -0.15) is 0 Å². The summed E-state index contributed by atoms with van der Waals surface area (Å²) in [4.78, 5) is 0. The van der Waals surface area contributed by atoms with E-state index in [2.05, 4.69) is 256 Å². The maximum absolute atomic E-state index is 7.47. The van der Waals surface area contributed by atoms with Crippen molar-refractivity contribution in [3.8, 4) is 28.7 Å². The molecule has 0 unspecified atom stereocenters. The summed E-state index contributed by atoms with van der Waals surface area (Å²) in [7, 11) is 0. The van der Waals surface area contributed by atoms with Crippen LogP contribution >= 0.6 is 0 Å². The Labute approximate surface area is 569 Å². The van der Waals surface area contributed by atoms with E-state index in [0.717, 1.165) is 101 Å². The summed E-state index contributed by atoms with van der Waals surface area (Å²) >= 11 is 0. The van der Waals surface area contributed by atoms with Gasteiger partial charge < -0.3 is 42.6 Å². The molecule has 0 saturated heterocycles. The van der Waals surface area contributed by atoms with Crippen LogP contribution in [0.2, 0.25) is 0 Å². The van der Waals surface area contributed by atoms with Gasteiger partial charge in [0.05, 0.1) is 52.9 Å². The largest absolute Gasteiger partial charge is 0.491 e. The van der Waals surface area contributed by atoms with Crippen LogP contribution in [0.15, 0.2) is 152 Å². The molecule has 12 bridgehead atoms. The highest BCUT2D eigenvalue weighted by molar-refractivity contribution is 5.61. The molecule has 1 aliphatic heterocycles. The fourth-order valence-electron chi connectivity index (χ4n) is 12.6. The Hall–Kier alpha value is -7.40. The van der Waals surface area contributed by atoms with Crippen LogP contribution in [0.1, 0.15) is 204 Å². The quantitative estimate of drug-likeness (QED) is 0.140. The van der Waals surface area contributed by atoms with Crippen molar-refractivity contribution in [2.45, 2.75) is 183 Å². The van der Waals surface area contributed by atoms with Crippen molar-refractivity contribution in [1.29, 1.82) is 0 Å². The second-order valence-corrected chi connectivity index (χ2v) is 31.2. The molecule has 0 spiro atoms. The Morgan fingerprint density at radius 3 is 0.653 bits per heavy atom. The van der Waals surface area contributed by atoms with Gasteiger partial charge in [0.1, 0.15) is 61.8 Å². The molecular weight excluding hydrogens is 1180 g/mol. The standard InChI is InChI=1S/C86H106O9/c1-82(2,3)72-46-62-41-66-50-74(84(7,8)9)51-67(79(66)93-56-59-25-19-16-20-26-59)42-63-47-73(83(4,5)6)49-65-44-69-53-76(86(13,14)15)55-71(81(69)95-58-61-29-23-18-24-30-61)45-70-54-75(85(10,11)12)52-68(80(70)94-57-60-27-21-17-22-28-60)43-64(48-72)77(62)91-39-37-89-35-33-87-31-32-88-34-36-90-38-40-92-78(63)65/h16-30,46-55H,31-45,56-58H2,1-15H3. The molecule has 1 heterocycles. The van der Waals surface area contributed by atoms with Crippen molar-refractivity contribution in [1.82, 2.24) is 0 Å². The van der Waals surface area contributed by atoms with Crippen molar-refractivity contribution in [3.63, 3.8) is 0 Å². The van der Waals surface area contributed by atoms with Gasteiger partial charge in [-0.25, -0.2) is 0 Å². The molecular formula is C86H106O9. The molecule has 8 aromatic carbocycles. The molecule has 0 radical (unpaired) electrons. The number of rotatable bonds is 9. The molecule has 1 aliphatic carbocycles. The first-order valence-corrected chi connectivity index (χ1v) is 34.6. The number of hydrogen-bond donors (Lipinski definition) is 0. The van der Waals surface area contributed by atoms with E-state index in [1.54, 1.807) is 0 Å². The number of fused-ring (bicyclic) bond motifs is 4. The van der Waals surface area contributed by atoms with Gasteiger partial charge in [0.2, 0.25) is 0 Å². The third-order valence-electron chi connectivity index (χ3n) is 18.2. The second kappa shape index (κ2) is 30.8. The summed E-state index contributed by atoms with van der Waals surface area (Å²) in [6.45, 7) is 39.9. The minimum absolute atomic E-state index is 0.243. The number of ether oxygens (including phenoxy) is 9. The molecule has 0 amide bonds. The van der Waals surface area contributed by atoms with E-state index in [1.807, 2.05) is 0 Å². The molecule has 2 aliphatic rings. The van der Waals surface area contributed by atoms with Gasteiger partial charge in [-0.1, -0.05) is 256 Å². The Morgan fingerprint density at radius 2 is 0.442 bits per heavy atom. The molecule has 95 heavy (non-hydrogen) atoms. The topological polar surface area (TPSA) is 83.1 Å². The molecule has 0 N–H and O–H groups in total. The van der Waals surface area contributed by atoms with E-state index in [-0.39, 0.29) is 27.1 Å². The highest BCUT2D eigenvalue weighted by Gasteiger charge is 2.31. The maximum Gasteiger partial charge on any atom is 0.126 e. The molecule has 8 aromatic rings. The molecule has 0 aromatic heterocycles. The Morgan fingerprint density at radius 1 is 0.253 bits per heavy atom. The minimum atomic E-state index is -0.247. The lowest BCUT2D eigenvalue weighted by Crippen LogP contribution is -2.18. The summed E-state index contributed by atoms with van der Waals surface area (Å²) in [5.41, 5.74) is 18.9. The predicted molar refractivity (Wildman–Crippen MR) is 386 cm³/mol. The lowest BCUT2D eigenvalue weighted by Gasteiger charge is -2.29. The number of hydrogen-bond acceptors (Lipinski definition) is 9. The smallest absolute Gasteiger partial charge is 0.126 e. The van der Waals surface area contributed by atoms with E-state index in [0.29, 0.717) is 118 Å². The van der Waals surface area contributed by atoms with E-state index in [4.69, 9.17) is 42.6 Å². The van der Waals surface area contributed by atoms with Crippen LogP contribution in [-0.2, 0) is 97.9 Å². The van der Waals surface area contributed by atoms with Crippen LogP contribution in [-0.4, -0.2) is 66.1 Å². The van der Waals surface area contributed by atoms with Crippen molar-refractivity contribution in [3.05, 3.63) is 252 Å². The fraction of sp³-hybridized carbons (Fsp3) is 0.442. The third kappa shape index (κ3) is 19.0. The van der Waals surface area contributed by atoms with Gasteiger partial charge in [-0.05, 0) is 127 Å². The monoisotopic (exact) mass is 1280 g/mol.